The van der Waals surface area contributed by atoms with Crippen LogP contribution in [0.5, 0.6) is 5.75 Å². The Labute approximate surface area is 230 Å². The number of rotatable bonds is 8. The standard InChI is InChI=1S/C27H28FN7O4S/c1-33-14-21(13-30-33)26-20(12-29-31-26)8-10-34-9-7-19-11-23(39-17-18-5-3-2-4-6-18)27(25(28)22(19)15-34)35-16-24(36)32-40(35,37)38/h2-6,11-14H,7-10,15-17H2,1H3,(H,29,31)(H,32,36). The van der Waals surface area contributed by atoms with Gasteiger partial charge in [0.05, 0.1) is 18.1 Å². The maximum absolute atomic E-state index is 16.3. The Bertz CT molecular complexity index is 1670. The zero-order valence-corrected chi connectivity index (χ0v) is 22.6. The summed E-state index contributed by atoms with van der Waals surface area (Å²) in [6.45, 7) is 1.25. The molecule has 0 unspecified atom stereocenters. The van der Waals surface area contributed by atoms with Crippen molar-refractivity contribution in [1.29, 1.82) is 0 Å². The maximum atomic E-state index is 16.3. The molecule has 2 aromatic carbocycles. The molecule has 40 heavy (non-hydrogen) atoms. The van der Waals surface area contributed by atoms with Crippen LogP contribution in [0, 0.1) is 5.82 Å². The molecule has 1 saturated heterocycles. The van der Waals surface area contributed by atoms with Gasteiger partial charge in [0.2, 0.25) is 0 Å². The Balaban J connectivity index is 1.27. The van der Waals surface area contributed by atoms with Crippen LogP contribution in [0.15, 0.2) is 55.0 Å². The minimum absolute atomic E-state index is 0.0909. The number of aromatic amines is 1. The van der Waals surface area contributed by atoms with E-state index in [9.17, 15) is 13.2 Å². The number of nitrogens with zero attached hydrogens (tertiary/aromatic N) is 5. The lowest BCUT2D eigenvalue weighted by Crippen LogP contribution is -2.35. The predicted octanol–water partition coefficient (Wildman–Crippen LogP) is 2.31. The van der Waals surface area contributed by atoms with Crippen molar-refractivity contribution in [2.75, 3.05) is 23.9 Å². The highest BCUT2D eigenvalue weighted by Crippen LogP contribution is 2.40. The van der Waals surface area contributed by atoms with Gasteiger partial charge in [0.1, 0.15) is 24.6 Å². The summed E-state index contributed by atoms with van der Waals surface area (Å²) in [6.07, 6.45) is 6.72. The highest BCUT2D eigenvalue weighted by Gasteiger charge is 2.39. The van der Waals surface area contributed by atoms with Gasteiger partial charge in [-0.25, -0.2) is 13.4 Å². The molecule has 2 aliphatic rings. The summed E-state index contributed by atoms with van der Waals surface area (Å²) in [5.74, 6) is -1.32. The first-order chi connectivity index (χ1) is 19.3. The molecular weight excluding hydrogens is 537 g/mol. The summed E-state index contributed by atoms with van der Waals surface area (Å²) in [4.78, 5) is 14.1. The van der Waals surface area contributed by atoms with E-state index in [4.69, 9.17) is 4.74 Å². The van der Waals surface area contributed by atoms with Gasteiger partial charge in [-0.3, -0.25) is 19.5 Å². The second kappa shape index (κ2) is 10.4. The summed E-state index contributed by atoms with van der Waals surface area (Å²) in [5.41, 5.74) is 4.63. The Morgan fingerprint density at radius 2 is 1.98 bits per heavy atom. The van der Waals surface area contributed by atoms with E-state index in [1.54, 1.807) is 23.1 Å². The number of hydrogen-bond acceptors (Lipinski definition) is 7. The Kier molecular flexibility index (Phi) is 6.76. The molecule has 0 radical (unpaired) electrons. The molecule has 0 atom stereocenters. The van der Waals surface area contributed by atoms with E-state index in [-0.39, 0.29) is 18.0 Å². The molecule has 208 valence electrons. The van der Waals surface area contributed by atoms with Crippen molar-refractivity contribution < 1.29 is 22.3 Å². The third kappa shape index (κ3) is 5.05. The monoisotopic (exact) mass is 565 g/mol. The number of benzene rings is 2. The summed E-state index contributed by atoms with van der Waals surface area (Å²) in [6, 6.07) is 11.0. The second-order valence-electron chi connectivity index (χ2n) is 9.94. The van der Waals surface area contributed by atoms with Crippen LogP contribution in [-0.2, 0) is 48.0 Å². The molecular formula is C27H28FN7O4S. The fourth-order valence-corrected chi connectivity index (χ4v) is 6.34. The van der Waals surface area contributed by atoms with E-state index in [1.165, 1.54) is 0 Å². The SMILES string of the molecule is Cn1cc(-c2[nH]ncc2CCN2CCc3cc(OCc4ccccc4)c(N4CC(=O)NS4(=O)=O)c(F)c3C2)cn1. The van der Waals surface area contributed by atoms with Crippen LogP contribution in [0.25, 0.3) is 11.3 Å². The fourth-order valence-electron chi connectivity index (χ4n) is 5.17. The number of fused-ring (bicyclic) bond motifs is 1. The maximum Gasteiger partial charge on any atom is 0.326 e. The number of nitrogens with one attached hydrogen (secondary N) is 2. The number of carbonyl (C=O) groups is 1. The molecule has 2 aromatic heterocycles. The zero-order chi connectivity index (χ0) is 27.9. The van der Waals surface area contributed by atoms with Crippen molar-refractivity contribution in [1.82, 2.24) is 29.6 Å². The van der Waals surface area contributed by atoms with Crippen LogP contribution in [0.3, 0.4) is 0 Å². The summed E-state index contributed by atoms with van der Waals surface area (Å²) >= 11 is 0. The molecule has 0 bridgehead atoms. The van der Waals surface area contributed by atoms with Crippen molar-refractivity contribution in [2.45, 2.75) is 26.0 Å². The molecule has 4 heterocycles. The van der Waals surface area contributed by atoms with Gasteiger partial charge in [-0.2, -0.15) is 18.6 Å². The van der Waals surface area contributed by atoms with E-state index in [0.717, 1.165) is 32.3 Å². The largest absolute Gasteiger partial charge is 0.487 e. The van der Waals surface area contributed by atoms with Crippen molar-refractivity contribution in [3.63, 3.8) is 0 Å². The van der Waals surface area contributed by atoms with Gasteiger partial charge >= 0.3 is 10.2 Å². The fraction of sp³-hybridized carbons (Fsp3) is 0.296. The highest BCUT2D eigenvalue weighted by molar-refractivity contribution is 7.92. The molecule has 0 aliphatic carbocycles. The zero-order valence-electron chi connectivity index (χ0n) is 21.8. The minimum Gasteiger partial charge on any atom is -0.487 e. The van der Waals surface area contributed by atoms with Crippen molar-refractivity contribution in [3.05, 3.63) is 83.1 Å². The number of hydrogen-bond donors (Lipinski definition) is 2. The van der Waals surface area contributed by atoms with Crippen LogP contribution in [0.2, 0.25) is 0 Å². The molecule has 2 aliphatic heterocycles. The summed E-state index contributed by atoms with van der Waals surface area (Å²) in [7, 11) is -2.39. The van der Waals surface area contributed by atoms with E-state index in [2.05, 4.69) is 20.2 Å². The molecule has 2 N–H and O–H groups in total. The summed E-state index contributed by atoms with van der Waals surface area (Å²) < 4.78 is 52.1. The Morgan fingerprint density at radius 3 is 2.70 bits per heavy atom. The van der Waals surface area contributed by atoms with Gasteiger partial charge in [0, 0.05) is 44.0 Å². The van der Waals surface area contributed by atoms with E-state index in [1.807, 2.05) is 48.3 Å². The number of amides is 1. The lowest BCUT2D eigenvalue weighted by atomic mass is 9.97. The average molecular weight is 566 g/mol. The van der Waals surface area contributed by atoms with E-state index >= 15 is 4.39 Å². The van der Waals surface area contributed by atoms with Crippen LogP contribution in [0.1, 0.15) is 22.3 Å². The smallest absolute Gasteiger partial charge is 0.326 e. The van der Waals surface area contributed by atoms with Crippen LogP contribution in [0.4, 0.5) is 10.1 Å². The van der Waals surface area contributed by atoms with Crippen molar-refractivity contribution in [3.8, 4) is 17.0 Å². The second-order valence-corrected chi connectivity index (χ2v) is 11.5. The lowest BCUT2D eigenvalue weighted by Gasteiger charge is -2.31. The molecule has 13 heteroatoms. The first-order valence-electron chi connectivity index (χ1n) is 12.9. The van der Waals surface area contributed by atoms with Gasteiger partial charge in [0.25, 0.3) is 5.91 Å². The first kappa shape index (κ1) is 26.0. The van der Waals surface area contributed by atoms with Crippen LogP contribution < -0.4 is 13.8 Å². The lowest BCUT2D eigenvalue weighted by molar-refractivity contribution is -0.117. The number of carbonyl (C=O) groups excluding carboxylic acids is 1. The van der Waals surface area contributed by atoms with Gasteiger partial charge < -0.3 is 4.74 Å². The minimum atomic E-state index is -4.24. The predicted molar refractivity (Wildman–Crippen MR) is 145 cm³/mol. The molecule has 0 spiro atoms. The molecule has 1 fully saturated rings. The van der Waals surface area contributed by atoms with Crippen molar-refractivity contribution >= 4 is 21.8 Å². The number of anilines is 1. The Hall–Kier alpha value is -4.23. The number of halogens is 1. The van der Waals surface area contributed by atoms with Crippen LogP contribution >= 0.6 is 0 Å². The van der Waals surface area contributed by atoms with E-state index < -0.39 is 28.5 Å². The summed E-state index contributed by atoms with van der Waals surface area (Å²) in [5, 5.41) is 11.5. The molecule has 11 nitrogen and oxygen atoms in total. The molecule has 4 aromatic rings. The van der Waals surface area contributed by atoms with Gasteiger partial charge in [0.15, 0.2) is 5.82 Å². The van der Waals surface area contributed by atoms with Gasteiger partial charge in [-0.05, 0) is 35.6 Å². The average Bonchev–Trinajstić information content (AvgIpc) is 3.65. The molecule has 0 saturated carbocycles. The number of H-pyrrole nitrogens is 1. The number of aryl methyl sites for hydroxylation is 1. The molecule has 6 rings (SSSR count). The van der Waals surface area contributed by atoms with Gasteiger partial charge in [-0.1, -0.05) is 30.3 Å². The van der Waals surface area contributed by atoms with Crippen molar-refractivity contribution in [2.24, 2.45) is 7.05 Å². The highest BCUT2D eigenvalue weighted by atomic mass is 32.2. The topological polar surface area (TPSA) is 125 Å². The van der Waals surface area contributed by atoms with Gasteiger partial charge in [-0.15, -0.1) is 0 Å². The third-order valence-corrected chi connectivity index (χ3v) is 8.57. The number of aromatic nitrogens is 4. The third-order valence-electron chi connectivity index (χ3n) is 7.19. The first-order valence-corrected chi connectivity index (χ1v) is 14.3. The Morgan fingerprint density at radius 1 is 1.15 bits per heavy atom. The van der Waals surface area contributed by atoms with E-state index in [0.29, 0.717) is 38.0 Å². The van der Waals surface area contributed by atoms with Crippen LogP contribution in [-0.4, -0.2) is 58.8 Å². The molecule has 1 amide bonds. The number of ether oxygens (including phenoxy) is 1. The quantitative estimate of drug-likeness (QED) is 0.336. The normalized spacial score (nSPS) is 16.6.